The Morgan fingerprint density at radius 2 is 1.61 bits per heavy atom. The number of carbonyl (C=O) groups excluding carboxylic acids is 2. The van der Waals surface area contributed by atoms with Crippen molar-refractivity contribution in [1.29, 1.82) is 0 Å². The molecular weight excluding hydrogens is 232 g/mol. The predicted octanol–water partition coefficient (Wildman–Crippen LogP) is 1.08. The second kappa shape index (κ2) is 6.73. The lowest BCUT2D eigenvalue weighted by atomic mass is 9.82. The molecule has 0 aromatic carbocycles. The summed E-state index contributed by atoms with van der Waals surface area (Å²) in [6.45, 7) is 10.8. The van der Waals surface area contributed by atoms with Gasteiger partial charge in [0, 0.05) is 19.2 Å². The normalized spacial score (nSPS) is 12.1. The molecule has 106 valence electrons. The third-order valence-electron chi connectivity index (χ3n) is 2.22. The summed E-state index contributed by atoms with van der Waals surface area (Å²) < 4.78 is 4.79. The Balaban J connectivity index is 4.24. The number of methoxy groups -OCH3 is 1. The molecule has 0 aromatic rings. The number of hydrogen-bond acceptors (Lipinski definition) is 3. The topological polar surface area (TPSA) is 67.4 Å². The van der Waals surface area contributed by atoms with Crippen LogP contribution in [0.15, 0.2) is 0 Å². The van der Waals surface area contributed by atoms with Gasteiger partial charge in [-0.3, -0.25) is 9.59 Å². The van der Waals surface area contributed by atoms with E-state index in [9.17, 15) is 9.59 Å². The number of nitrogens with one attached hydrogen (secondary N) is 2. The zero-order valence-electron chi connectivity index (χ0n) is 12.3. The highest BCUT2D eigenvalue weighted by molar-refractivity contribution is 6.35. The summed E-state index contributed by atoms with van der Waals surface area (Å²) in [7, 11) is 1.54. The minimum atomic E-state index is -0.617. The maximum atomic E-state index is 11.7. The van der Waals surface area contributed by atoms with Crippen LogP contribution in [0.5, 0.6) is 0 Å². The van der Waals surface area contributed by atoms with Crippen LogP contribution < -0.4 is 10.6 Å². The first-order chi connectivity index (χ1) is 8.07. The van der Waals surface area contributed by atoms with E-state index in [1.807, 2.05) is 13.8 Å². The van der Waals surface area contributed by atoms with Gasteiger partial charge in [-0.1, -0.05) is 20.8 Å². The van der Waals surface area contributed by atoms with Gasteiger partial charge in [0.2, 0.25) is 0 Å². The smallest absolute Gasteiger partial charge is 0.309 e. The van der Waals surface area contributed by atoms with Gasteiger partial charge in [0.25, 0.3) is 0 Å². The van der Waals surface area contributed by atoms with Crippen molar-refractivity contribution in [2.75, 3.05) is 20.3 Å². The molecule has 0 saturated heterocycles. The second-order valence-electron chi connectivity index (χ2n) is 6.32. The van der Waals surface area contributed by atoms with Gasteiger partial charge >= 0.3 is 11.8 Å². The average Bonchev–Trinajstić information content (AvgIpc) is 2.12. The molecular formula is C13H26N2O3. The highest BCUT2D eigenvalue weighted by Crippen LogP contribution is 2.26. The Bertz CT molecular complexity index is 293. The summed E-state index contributed by atoms with van der Waals surface area (Å²) in [6.07, 6.45) is 0.789. The number of amides is 2. The Kier molecular flexibility index (Phi) is 6.32. The predicted molar refractivity (Wildman–Crippen MR) is 71.2 cm³/mol. The number of hydrogen-bond donors (Lipinski definition) is 2. The van der Waals surface area contributed by atoms with E-state index in [0.717, 1.165) is 6.42 Å². The molecule has 18 heavy (non-hydrogen) atoms. The molecule has 0 saturated carbocycles. The van der Waals surface area contributed by atoms with E-state index in [1.165, 1.54) is 0 Å². The first-order valence-corrected chi connectivity index (χ1v) is 6.17. The molecule has 5 nitrogen and oxygen atoms in total. The molecule has 0 spiro atoms. The molecule has 0 radical (unpaired) electrons. The van der Waals surface area contributed by atoms with Gasteiger partial charge in [-0.05, 0) is 25.7 Å². The van der Waals surface area contributed by atoms with Crippen LogP contribution >= 0.6 is 0 Å². The number of carbonyl (C=O) groups is 2. The van der Waals surface area contributed by atoms with Gasteiger partial charge in [-0.2, -0.15) is 0 Å². The van der Waals surface area contributed by atoms with Crippen molar-refractivity contribution in [2.24, 2.45) is 5.41 Å². The summed E-state index contributed by atoms with van der Waals surface area (Å²) in [4.78, 5) is 23.2. The van der Waals surface area contributed by atoms with Crippen molar-refractivity contribution in [1.82, 2.24) is 10.6 Å². The first-order valence-electron chi connectivity index (χ1n) is 6.17. The van der Waals surface area contributed by atoms with Gasteiger partial charge in [-0.15, -0.1) is 0 Å². The fraction of sp³-hybridized carbons (Fsp3) is 0.846. The van der Waals surface area contributed by atoms with E-state index in [-0.39, 0.29) is 5.41 Å². The van der Waals surface area contributed by atoms with Crippen LogP contribution in [0.2, 0.25) is 0 Å². The molecule has 0 aromatic heterocycles. The molecule has 2 amide bonds. The van der Waals surface area contributed by atoms with Crippen molar-refractivity contribution in [3.63, 3.8) is 0 Å². The SMILES string of the molecule is COCCNC(=O)C(=O)NC(C)(C)CC(C)(C)C. The maximum Gasteiger partial charge on any atom is 0.309 e. The maximum absolute atomic E-state index is 11.7. The number of rotatable bonds is 5. The lowest BCUT2D eigenvalue weighted by Crippen LogP contribution is -2.51. The lowest BCUT2D eigenvalue weighted by Gasteiger charge is -2.33. The first kappa shape index (κ1) is 16.9. The monoisotopic (exact) mass is 258 g/mol. The molecule has 5 heteroatoms. The van der Waals surface area contributed by atoms with Gasteiger partial charge in [-0.25, -0.2) is 0 Å². The molecule has 0 atom stereocenters. The Hall–Kier alpha value is -1.10. The minimum absolute atomic E-state index is 0.0866. The molecule has 0 fully saturated rings. The zero-order valence-corrected chi connectivity index (χ0v) is 12.3. The summed E-state index contributed by atoms with van der Waals surface area (Å²) in [5, 5.41) is 5.24. The largest absolute Gasteiger partial charge is 0.383 e. The quantitative estimate of drug-likeness (QED) is 0.573. The van der Waals surface area contributed by atoms with E-state index in [2.05, 4.69) is 31.4 Å². The fourth-order valence-electron chi connectivity index (χ4n) is 2.08. The molecule has 0 aliphatic heterocycles. The van der Waals surface area contributed by atoms with E-state index in [1.54, 1.807) is 7.11 Å². The molecule has 0 heterocycles. The van der Waals surface area contributed by atoms with Crippen LogP contribution in [0, 0.1) is 5.41 Å². The second-order valence-corrected chi connectivity index (χ2v) is 6.32. The van der Waals surface area contributed by atoms with Crippen molar-refractivity contribution in [2.45, 2.75) is 46.6 Å². The Labute approximate surface area is 110 Å². The Morgan fingerprint density at radius 1 is 1.06 bits per heavy atom. The summed E-state index contributed by atoms with van der Waals surface area (Å²) >= 11 is 0. The lowest BCUT2D eigenvalue weighted by molar-refractivity contribution is -0.140. The van der Waals surface area contributed by atoms with Crippen molar-refractivity contribution in [3.8, 4) is 0 Å². The van der Waals surface area contributed by atoms with Crippen LogP contribution in [0.4, 0.5) is 0 Å². The van der Waals surface area contributed by atoms with E-state index < -0.39 is 17.4 Å². The molecule has 0 unspecified atom stereocenters. The molecule has 0 aliphatic carbocycles. The third-order valence-corrected chi connectivity index (χ3v) is 2.22. The van der Waals surface area contributed by atoms with Crippen LogP contribution in [-0.2, 0) is 14.3 Å². The number of ether oxygens (including phenoxy) is 1. The average molecular weight is 258 g/mol. The highest BCUT2D eigenvalue weighted by atomic mass is 16.5. The molecule has 0 bridgehead atoms. The minimum Gasteiger partial charge on any atom is -0.383 e. The standard InChI is InChI=1S/C13H26N2O3/c1-12(2,3)9-13(4,5)15-11(17)10(16)14-7-8-18-6/h7-9H2,1-6H3,(H,14,16)(H,15,17). The van der Waals surface area contributed by atoms with Crippen LogP contribution in [0.1, 0.15) is 41.0 Å². The third kappa shape index (κ3) is 8.06. The van der Waals surface area contributed by atoms with Crippen molar-refractivity contribution in [3.05, 3.63) is 0 Å². The van der Waals surface area contributed by atoms with Gasteiger partial charge < -0.3 is 15.4 Å². The summed E-state index contributed by atoms with van der Waals surface area (Å²) in [6, 6.07) is 0. The fourth-order valence-corrected chi connectivity index (χ4v) is 2.08. The van der Waals surface area contributed by atoms with E-state index in [0.29, 0.717) is 13.2 Å². The molecule has 0 aliphatic rings. The summed E-state index contributed by atoms with van der Waals surface area (Å²) in [5.41, 5.74) is -0.322. The van der Waals surface area contributed by atoms with Gasteiger partial charge in [0.1, 0.15) is 0 Å². The van der Waals surface area contributed by atoms with E-state index >= 15 is 0 Å². The van der Waals surface area contributed by atoms with E-state index in [4.69, 9.17) is 4.74 Å². The highest BCUT2D eigenvalue weighted by Gasteiger charge is 2.28. The Morgan fingerprint density at radius 3 is 2.06 bits per heavy atom. The summed E-state index contributed by atoms with van der Waals surface area (Å²) in [5.74, 6) is -1.21. The molecule has 2 N–H and O–H groups in total. The van der Waals surface area contributed by atoms with Crippen molar-refractivity contribution < 1.29 is 14.3 Å². The van der Waals surface area contributed by atoms with Crippen LogP contribution in [0.25, 0.3) is 0 Å². The van der Waals surface area contributed by atoms with Crippen LogP contribution in [-0.4, -0.2) is 37.6 Å². The van der Waals surface area contributed by atoms with Gasteiger partial charge in [0.15, 0.2) is 0 Å². The zero-order chi connectivity index (χ0) is 14.4. The van der Waals surface area contributed by atoms with Crippen molar-refractivity contribution >= 4 is 11.8 Å². The van der Waals surface area contributed by atoms with Gasteiger partial charge in [0.05, 0.1) is 6.61 Å². The van der Waals surface area contributed by atoms with Crippen LogP contribution in [0.3, 0.4) is 0 Å². The molecule has 0 rings (SSSR count).